The van der Waals surface area contributed by atoms with Gasteiger partial charge < -0.3 is 9.64 Å². The smallest absolute Gasteiger partial charge is 0.180 e. The molecule has 0 unspecified atom stereocenters. The van der Waals surface area contributed by atoms with Crippen LogP contribution in [0.1, 0.15) is 40.5 Å². The van der Waals surface area contributed by atoms with E-state index in [9.17, 15) is 8.42 Å². The van der Waals surface area contributed by atoms with Crippen molar-refractivity contribution in [2.45, 2.75) is 62.8 Å². The van der Waals surface area contributed by atoms with Gasteiger partial charge in [0.25, 0.3) is 0 Å². The van der Waals surface area contributed by atoms with Gasteiger partial charge in [0.15, 0.2) is 9.84 Å². The highest BCUT2D eigenvalue weighted by Gasteiger charge is 2.23. The Kier molecular flexibility index (Phi) is 5.50. The molecule has 1 aromatic carbocycles. The zero-order valence-electron chi connectivity index (χ0n) is 14.0. The molecule has 1 heterocycles. The van der Waals surface area contributed by atoms with Crippen molar-refractivity contribution in [1.82, 2.24) is 4.90 Å². The zero-order valence-corrected chi connectivity index (χ0v) is 14.8. The van der Waals surface area contributed by atoms with Crippen LogP contribution in [0.2, 0.25) is 0 Å². The van der Waals surface area contributed by atoms with E-state index >= 15 is 0 Å². The first kappa shape index (κ1) is 17.3. The third-order valence-corrected chi connectivity index (χ3v) is 6.42. The second-order valence-electron chi connectivity index (χ2n) is 6.52. The fourth-order valence-electron chi connectivity index (χ4n) is 2.70. The molecule has 0 radical (unpaired) electrons. The van der Waals surface area contributed by atoms with Crippen molar-refractivity contribution in [1.29, 1.82) is 0 Å². The number of likely N-dealkylation sites (tertiary alicyclic amines) is 1. The second-order valence-corrected chi connectivity index (χ2v) is 9.02. The minimum atomic E-state index is -3.25. The van der Waals surface area contributed by atoms with Crippen LogP contribution in [-0.4, -0.2) is 43.8 Å². The molecular formula is C17H27NO3S. The number of piperidine rings is 1. The standard InChI is InChI=1S/C17H27NO3S/c1-13(2)18-10-8-15(9-11-18)21-16-6-5-7-17(12-16)22(19,20)14(3)4/h5-7,12-15H,8-11H2,1-4H3. The molecule has 0 aromatic heterocycles. The van der Waals surface area contributed by atoms with Gasteiger partial charge in [0.05, 0.1) is 10.1 Å². The lowest BCUT2D eigenvalue weighted by molar-refractivity contribution is 0.0841. The first-order valence-electron chi connectivity index (χ1n) is 8.05. The van der Waals surface area contributed by atoms with Crippen molar-refractivity contribution >= 4 is 9.84 Å². The van der Waals surface area contributed by atoms with E-state index < -0.39 is 15.1 Å². The molecule has 1 aliphatic rings. The van der Waals surface area contributed by atoms with E-state index in [1.54, 1.807) is 32.0 Å². The average Bonchev–Trinajstić information content (AvgIpc) is 2.48. The highest BCUT2D eigenvalue weighted by molar-refractivity contribution is 7.92. The van der Waals surface area contributed by atoms with Crippen molar-refractivity contribution < 1.29 is 13.2 Å². The number of hydrogen-bond donors (Lipinski definition) is 0. The van der Waals surface area contributed by atoms with Gasteiger partial charge in [-0.15, -0.1) is 0 Å². The van der Waals surface area contributed by atoms with E-state index in [1.807, 2.05) is 6.07 Å². The summed E-state index contributed by atoms with van der Waals surface area (Å²) in [6, 6.07) is 7.47. The molecule has 0 saturated carbocycles. The Balaban J connectivity index is 2.03. The monoisotopic (exact) mass is 325 g/mol. The van der Waals surface area contributed by atoms with Gasteiger partial charge in [-0.25, -0.2) is 8.42 Å². The van der Waals surface area contributed by atoms with E-state index in [2.05, 4.69) is 18.7 Å². The molecule has 0 bridgehead atoms. The Bertz CT molecular complexity index is 588. The van der Waals surface area contributed by atoms with Gasteiger partial charge in [0.1, 0.15) is 11.9 Å². The normalized spacial score (nSPS) is 18.1. The summed E-state index contributed by atoms with van der Waals surface area (Å²) >= 11 is 0. The lowest BCUT2D eigenvalue weighted by Gasteiger charge is -2.34. The molecule has 1 aliphatic heterocycles. The Hall–Kier alpha value is -1.07. The molecule has 0 aliphatic carbocycles. The quantitative estimate of drug-likeness (QED) is 0.834. The van der Waals surface area contributed by atoms with E-state index in [-0.39, 0.29) is 6.10 Å². The molecular weight excluding hydrogens is 298 g/mol. The van der Waals surface area contributed by atoms with E-state index in [0.717, 1.165) is 25.9 Å². The third kappa shape index (κ3) is 4.02. The SMILES string of the molecule is CC(C)N1CCC(Oc2cccc(S(=O)(=O)C(C)C)c2)CC1. The summed E-state index contributed by atoms with van der Waals surface area (Å²) in [4.78, 5) is 2.79. The maximum Gasteiger partial charge on any atom is 0.180 e. The highest BCUT2D eigenvalue weighted by atomic mass is 32.2. The highest BCUT2D eigenvalue weighted by Crippen LogP contribution is 2.24. The molecule has 2 rings (SSSR count). The summed E-state index contributed by atoms with van der Waals surface area (Å²) in [7, 11) is -3.25. The lowest BCUT2D eigenvalue weighted by atomic mass is 10.1. The second kappa shape index (κ2) is 7.01. The third-order valence-electron chi connectivity index (χ3n) is 4.26. The van der Waals surface area contributed by atoms with Crippen LogP contribution in [0.15, 0.2) is 29.2 Å². The van der Waals surface area contributed by atoms with Crippen LogP contribution in [0, 0.1) is 0 Å². The molecule has 0 atom stereocenters. The Morgan fingerprint density at radius 3 is 2.32 bits per heavy atom. The van der Waals surface area contributed by atoms with E-state index in [0.29, 0.717) is 16.7 Å². The van der Waals surface area contributed by atoms with Crippen LogP contribution in [0.25, 0.3) is 0 Å². The van der Waals surface area contributed by atoms with Gasteiger partial charge in [0, 0.05) is 19.1 Å². The van der Waals surface area contributed by atoms with Crippen molar-refractivity contribution in [3.8, 4) is 5.75 Å². The van der Waals surface area contributed by atoms with Crippen LogP contribution in [0.4, 0.5) is 0 Å². The molecule has 0 amide bonds. The summed E-state index contributed by atoms with van der Waals surface area (Å²) < 4.78 is 30.5. The number of benzene rings is 1. The molecule has 22 heavy (non-hydrogen) atoms. The van der Waals surface area contributed by atoms with Crippen LogP contribution in [0.3, 0.4) is 0 Å². The lowest BCUT2D eigenvalue weighted by Crippen LogP contribution is -2.41. The van der Waals surface area contributed by atoms with Gasteiger partial charge in [0.2, 0.25) is 0 Å². The number of nitrogens with zero attached hydrogens (tertiary/aromatic N) is 1. The summed E-state index contributed by atoms with van der Waals surface area (Å²) in [5.74, 6) is 0.657. The van der Waals surface area contributed by atoms with Crippen molar-refractivity contribution in [2.24, 2.45) is 0 Å². The minimum Gasteiger partial charge on any atom is -0.490 e. The van der Waals surface area contributed by atoms with Crippen LogP contribution in [-0.2, 0) is 9.84 Å². The first-order chi connectivity index (χ1) is 10.3. The summed E-state index contributed by atoms with van der Waals surface area (Å²) in [6.45, 7) is 9.89. The van der Waals surface area contributed by atoms with Crippen molar-refractivity contribution in [3.05, 3.63) is 24.3 Å². The van der Waals surface area contributed by atoms with Crippen molar-refractivity contribution in [2.75, 3.05) is 13.1 Å². The van der Waals surface area contributed by atoms with Crippen LogP contribution >= 0.6 is 0 Å². The molecule has 4 nitrogen and oxygen atoms in total. The van der Waals surface area contributed by atoms with Gasteiger partial charge in [-0.3, -0.25) is 0 Å². The maximum atomic E-state index is 12.2. The van der Waals surface area contributed by atoms with E-state index in [4.69, 9.17) is 4.74 Å². The Morgan fingerprint density at radius 1 is 1.14 bits per heavy atom. The number of rotatable bonds is 5. The summed E-state index contributed by atoms with van der Waals surface area (Å²) in [5, 5.41) is -0.419. The molecule has 124 valence electrons. The predicted octanol–water partition coefficient (Wildman–Crippen LogP) is 3.12. The van der Waals surface area contributed by atoms with Crippen LogP contribution < -0.4 is 4.74 Å². The minimum absolute atomic E-state index is 0.173. The van der Waals surface area contributed by atoms with Gasteiger partial charge in [-0.2, -0.15) is 0 Å². The zero-order chi connectivity index (χ0) is 16.3. The van der Waals surface area contributed by atoms with Gasteiger partial charge in [-0.1, -0.05) is 6.07 Å². The number of ether oxygens (including phenoxy) is 1. The summed E-state index contributed by atoms with van der Waals surface area (Å²) in [6.07, 6.45) is 2.14. The molecule has 1 saturated heterocycles. The fourth-order valence-corrected chi connectivity index (χ4v) is 3.79. The maximum absolute atomic E-state index is 12.2. The predicted molar refractivity (Wildman–Crippen MR) is 89.1 cm³/mol. The fraction of sp³-hybridized carbons (Fsp3) is 0.647. The molecule has 0 spiro atoms. The van der Waals surface area contributed by atoms with Crippen molar-refractivity contribution in [3.63, 3.8) is 0 Å². The largest absolute Gasteiger partial charge is 0.490 e. The number of hydrogen-bond acceptors (Lipinski definition) is 4. The van der Waals surface area contributed by atoms with Gasteiger partial charge in [-0.05, 0) is 58.7 Å². The average molecular weight is 325 g/mol. The van der Waals surface area contributed by atoms with E-state index in [1.165, 1.54) is 0 Å². The topological polar surface area (TPSA) is 46.6 Å². The molecule has 1 aromatic rings. The van der Waals surface area contributed by atoms with Crippen LogP contribution in [0.5, 0.6) is 5.75 Å². The number of sulfone groups is 1. The Morgan fingerprint density at radius 2 is 1.77 bits per heavy atom. The van der Waals surface area contributed by atoms with Gasteiger partial charge >= 0.3 is 0 Å². The summed E-state index contributed by atoms with van der Waals surface area (Å²) in [5.41, 5.74) is 0. The Labute approximate surface area is 134 Å². The molecule has 1 fully saturated rings. The molecule has 0 N–H and O–H groups in total. The molecule has 5 heteroatoms. The first-order valence-corrected chi connectivity index (χ1v) is 9.60.